The van der Waals surface area contributed by atoms with Crippen molar-refractivity contribution in [2.45, 2.75) is 6.54 Å². The number of ether oxygens (including phenoxy) is 1. The predicted octanol–water partition coefficient (Wildman–Crippen LogP) is 3.44. The number of nitrogens with zero attached hydrogens (tertiary/aromatic N) is 2. The van der Waals surface area contributed by atoms with Crippen LogP contribution in [0.5, 0.6) is 5.75 Å². The first-order valence-electron chi connectivity index (χ1n) is 7.34. The van der Waals surface area contributed by atoms with E-state index in [1.165, 1.54) is 0 Å². The Labute approximate surface area is 142 Å². The molecule has 4 nitrogen and oxygen atoms in total. The number of rotatable bonds is 6. The molecule has 0 radical (unpaired) electrons. The third-order valence-corrected chi connectivity index (χ3v) is 3.73. The number of carbonyl (C=O) groups excluding carboxylic acids is 1. The van der Waals surface area contributed by atoms with Crippen LogP contribution in [0.1, 0.15) is 5.56 Å². The molecule has 122 valence electrons. The van der Waals surface area contributed by atoms with Crippen LogP contribution in [0.15, 0.2) is 48.5 Å². The molecule has 0 N–H and O–H groups in total. The molecule has 0 unspecified atom stereocenters. The van der Waals surface area contributed by atoms with E-state index in [2.05, 4.69) is 0 Å². The van der Waals surface area contributed by atoms with Gasteiger partial charge in [0.2, 0.25) is 0 Å². The number of hydrogen-bond acceptors (Lipinski definition) is 3. The molecular formula is C18H21ClN2O2. The highest BCUT2D eigenvalue weighted by atomic mass is 35.5. The Balaban J connectivity index is 1.85. The first-order chi connectivity index (χ1) is 11.0. The quantitative estimate of drug-likeness (QED) is 0.812. The third kappa shape index (κ3) is 5.18. The molecular weight excluding hydrogens is 312 g/mol. The van der Waals surface area contributed by atoms with Crippen molar-refractivity contribution in [3.05, 3.63) is 59.1 Å². The van der Waals surface area contributed by atoms with Crippen molar-refractivity contribution in [1.82, 2.24) is 4.90 Å². The summed E-state index contributed by atoms with van der Waals surface area (Å²) in [4.78, 5) is 15.8. The molecule has 0 heterocycles. The van der Waals surface area contributed by atoms with Crippen LogP contribution in [0, 0.1) is 0 Å². The SMILES string of the molecule is CN(Cc1ccc(N(C)C)cc1)C(=O)COc1ccc(Cl)cc1. The minimum absolute atomic E-state index is 0.00785. The number of hydrogen-bond donors (Lipinski definition) is 0. The summed E-state index contributed by atoms with van der Waals surface area (Å²) in [6, 6.07) is 15.1. The van der Waals surface area contributed by atoms with Gasteiger partial charge in [0.1, 0.15) is 5.75 Å². The van der Waals surface area contributed by atoms with Crippen molar-refractivity contribution >= 4 is 23.2 Å². The highest BCUT2D eigenvalue weighted by Crippen LogP contribution is 2.16. The van der Waals surface area contributed by atoms with Gasteiger partial charge < -0.3 is 14.5 Å². The Morgan fingerprint density at radius 2 is 1.61 bits per heavy atom. The van der Waals surface area contributed by atoms with Crippen LogP contribution >= 0.6 is 11.6 Å². The topological polar surface area (TPSA) is 32.8 Å². The predicted molar refractivity (Wildman–Crippen MR) is 94.2 cm³/mol. The summed E-state index contributed by atoms with van der Waals surface area (Å²) in [7, 11) is 5.77. The summed E-state index contributed by atoms with van der Waals surface area (Å²) < 4.78 is 5.48. The van der Waals surface area contributed by atoms with E-state index in [4.69, 9.17) is 16.3 Å². The summed E-state index contributed by atoms with van der Waals surface area (Å²) in [5.41, 5.74) is 2.21. The maximum Gasteiger partial charge on any atom is 0.260 e. The summed E-state index contributed by atoms with van der Waals surface area (Å²) >= 11 is 5.81. The average molecular weight is 333 g/mol. The van der Waals surface area contributed by atoms with E-state index in [1.807, 2.05) is 43.3 Å². The number of likely N-dealkylation sites (N-methyl/N-ethyl adjacent to an activating group) is 1. The summed E-state index contributed by atoms with van der Waals surface area (Å²) in [6.07, 6.45) is 0. The lowest BCUT2D eigenvalue weighted by atomic mass is 10.2. The van der Waals surface area contributed by atoms with Gasteiger partial charge in [0, 0.05) is 38.4 Å². The molecule has 0 saturated carbocycles. The average Bonchev–Trinajstić information content (AvgIpc) is 2.54. The summed E-state index contributed by atoms with van der Waals surface area (Å²) in [5, 5.41) is 0.641. The van der Waals surface area contributed by atoms with E-state index in [9.17, 15) is 4.79 Å². The molecule has 0 spiro atoms. The van der Waals surface area contributed by atoms with Crippen LogP contribution in [-0.4, -0.2) is 38.6 Å². The van der Waals surface area contributed by atoms with E-state index >= 15 is 0 Å². The van der Waals surface area contributed by atoms with E-state index in [1.54, 1.807) is 36.2 Å². The second-order valence-electron chi connectivity index (χ2n) is 5.55. The minimum Gasteiger partial charge on any atom is -0.484 e. The fourth-order valence-corrected chi connectivity index (χ4v) is 2.17. The van der Waals surface area contributed by atoms with E-state index in [0.717, 1.165) is 11.3 Å². The molecule has 0 aliphatic heterocycles. The largest absolute Gasteiger partial charge is 0.484 e. The van der Waals surface area contributed by atoms with Gasteiger partial charge in [-0.25, -0.2) is 0 Å². The third-order valence-electron chi connectivity index (χ3n) is 3.47. The summed E-state index contributed by atoms with van der Waals surface area (Å²) in [6.45, 7) is 0.560. The first-order valence-corrected chi connectivity index (χ1v) is 7.72. The van der Waals surface area contributed by atoms with Gasteiger partial charge in [-0.3, -0.25) is 4.79 Å². The highest BCUT2D eigenvalue weighted by Gasteiger charge is 2.10. The smallest absolute Gasteiger partial charge is 0.260 e. The van der Waals surface area contributed by atoms with Crippen molar-refractivity contribution in [3.63, 3.8) is 0 Å². The second-order valence-corrected chi connectivity index (χ2v) is 5.99. The molecule has 0 saturated heterocycles. The number of amides is 1. The van der Waals surface area contributed by atoms with Crippen molar-refractivity contribution < 1.29 is 9.53 Å². The lowest BCUT2D eigenvalue weighted by Gasteiger charge is -2.18. The standard InChI is InChI=1S/C18H21ClN2O2/c1-20(2)16-8-4-14(5-9-16)12-21(3)18(22)13-23-17-10-6-15(19)7-11-17/h4-11H,12-13H2,1-3H3. The van der Waals surface area contributed by atoms with Gasteiger partial charge in [0.15, 0.2) is 6.61 Å². The normalized spacial score (nSPS) is 10.3. The maximum atomic E-state index is 12.1. The fraction of sp³-hybridized carbons (Fsp3) is 0.278. The Hall–Kier alpha value is -2.20. The molecule has 0 fully saturated rings. The van der Waals surface area contributed by atoms with Gasteiger partial charge in [-0.15, -0.1) is 0 Å². The molecule has 0 bridgehead atoms. The lowest BCUT2D eigenvalue weighted by Crippen LogP contribution is -2.30. The van der Waals surface area contributed by atoms with Gasteiger partial charge in [-0.1, -0.05) is 23.7 Å². The van der Waals surface area contributed by atoms with E-state index in [-0.39, 0.29) is 12.5 Å². The van der Waals surface area contributed by atoms with Crippen LogP contribution in [0.4, 0.5) is 5.69 Å². The Morgan fingerprint density at radius 1 is 1.00 bits per heavy atom. The lowest BCUT2D eigenvalue weighted by molar-refractivity contribution is -0.132. The Bertz CT molecular complexity index is 639. The maximum absolute atomic E-state index is 12.1. The van der Waals surface area contributed by atoms with Gasteiger partial charge in [0.05, 0.1) is 0 Å². The zero-order valence-electron chi connectivity index (χ0n) is 13.6. The Kier molecular flexibility index (Phi) is 5.88. The van der Waals surface area contributed by atoms with Crippen LogP contribution in [-0.2, 0) is 11.3 Å². The van der Waals surface area contributed by atoms with Crippen LogP contribution in [0.2, 0.25) is 5.02 Å². The molecule has 0 aliphatic carbocycles. The number of anilines is 1. The van der Waals surface area contributed by atoms with Crippen LogP contribution < -0.4 is 9.64 Å². The van der Waals surface area contributed by atoms with Gasteiger partial charge in [0.25, 0.3) is 5.91 Å². The van der Waals surface area contributed by atoms with E-state index < -0.39 is 0 Å². The van der Waals surface area contributed by atoms with Crippen molar-refractivity contribution in [2.24, 2.45) is 0 Å². The van der Waals surface area contributed by atoms with Crippen LogP contribution in [0.25, 0.3) is 0 Å². The number of halogens is 1. The monoisotopic (exact) mass is 332 g/mol. The molecule has 2 aromatic carbocycles. The molecule has 2 aromatic rings. The van der Waals surface area contributed by atoms with Crippen molar-refractivity contribution in [3.8, 4) is 5.75 Å². The zero-order chi connectivity index (χ0) is 16.8. The second kappa shape index (κ2) is 7.88. The number of benzene rings is 2. The van der Waals surface area contributed by atoms with Crippen molar-refractivity contribution in [1.29, 1.82) is 0 Å². The molecule has 5 heteroatoms. The van der Waals surface area contributed by atoms with Gasteiger partial charge in [-0.2, -0.15) is 0 Å². The number of carbonyl (C=O) groups is 1. The molecule has 0 aromatic heterocycles. The zero-order valence-corrected chi connectivity index (χ0v) is 14.4. The minimum atomic E-state index is -0.0726. The highest BCUT2D eigenvalue weighted by molar-refractivity contribution is 6.30. The molecule has 1 amide bonds. The molecule has 23 heavy (non-hydrogen) atoms. The van der Waals surface area contributed by atoms with Gasteiger partial charge in [-0.05, 0) is 42.0 Å². The van der Waals surface area contributed by atoms with Gasteiger partial charge >= 0.3 is 0 Å². The first kappa shape index (κ1) is 17.2. The summed E-state index contributed by atoms with van der Waals surface area (Å²) in [5.74, 6) is 0.558. The molecule has 0 atom stereocenters. The molecule has 2 rings (SSSR count). The van der Waals surface area contributed by atoms with E-state index in [0.29, 0.717) is 17.3 Å². The Morgan fingerprint density at radius 3 is 2.17 bits per heavy atom. The molecule has 0 aliphatic rings. The fourth-order valence-electron chi connectivity index (χ4n) is 2.05. The van der Waals surface area contributed by atoms with Crippen LogP contribution in [0.3, 0.4) is 0 Å². The van der Waals surface area contributed by atoms with Crippen molar-refractivity contribution in [2.75, 3.05) is 32.6 Å².